The van der Waals surface area contributed by atoms with E-state index in [-0.39, 0.29) is 19.8 Å². The maximum Gasteiger partial charge on any atom is 0.339 e. The zero-order chi connectivity index (χ0) is 21.1. The van der Waals surface area contributed by atoms with Crippen LogP contribution < -0.4 is 0 Å². The highest BCUT2D eigenvalue weighted by Crippen LogP contribution is 2.20. The van der Waals surface area contributed by atoms with Crippen LogP contribution in [0, 0.1) is 0 Å². The van der Waals surface area contributed by atoms with Crippen LogP contribution in [0.1, 0.15) is 72.1 Å². The molecule has 0 saturated carbocycles. The van der Waals surface area contributed by atoms with Gasteiger partial charge in [0.2, 0.25) is 0 Å². The summed E-state index contributed by atoms with van der Waals surface area (Å²) in [6, 6.07) is 0. The molecule has 27 heavy (non-hydrogen) atoms. The molecule has 0 saturated heterocycles. The Bertz CT molecular complexity index is 397. The quantitative estimate of drug-likeness (QED) is 0.211. The molecule has 0 amide bonds. The summed E-state index contributed by atoms with van der Waals surface area (Å²) in [5.41, 5.74) is -2.26. The summed E-state index contributed by atoms with van der Waals surface area (Å²) in [4.78, 5) is 35.9. The lowest BCUT2D eigenvalue weighted by atomic mass is 9.95. The molecule has 1 N–H and O–H groups in total. The SMILES string of the molecule is C=C.CCCCOC(=O)CC(O)(CC(=O)OCCCC)C(=O)OCCCC. The van der Waals surface area contributed by atoms with Gasteiger partial charge in [-0.1, -0.05) is 40.0 Å². The van der Waals surface area contributed by atoms with Gasteiger partial charge in [-0.15, -0.1) is 13.2 Å². The van der Waals surface area contributed by atoms with Gasteiger partial charge >= 0.3 is 17.9 Å². The van der Waals surface area contributed by atoms with Crippen LogP contribution in [0.2, 0.25) is 0 Å². The molecule has 0 aliphatic carbocycles. The molecule has 0 spiro atoms. The fraction of sp³-hybridized carbons (Fsp3) is 0.750. The Morgan fingerprint density at radius 2 is 1.07 bits per heavy atom. The Balaban J connectivity index is 0. The van der Waals surface area contributed by atoms with E-state index in [0.29, 0.717) is 19.3 Å². The monoisotopic (exact) mass is 388 g/mol. The molecule has 0 fully saturated rings. The summed E-state index contributed by atoms with van der Waals surface area (Å²) >= 11 is 0. The van der Waals surface area contributed by atoms with Gasteiger partial charge in [0.25, 0.3) is 0 Å². The van der Waals surface area contributed by atoms with Crippen molar-refractivity contribution in [3.63, 3.8) is 0 Å². The molecule has 0 aromatic heterocycles. The predicted molar refractivity (Wildman–Crippen MR) is 103 cm³/mol. The van der Waals surface area contributed by atoms with Gasteiger partial charge in [0.1, 0.15) is 0 Å². The first kappa shape index (κ1) is 27.3. The van der Waals surface area contributed by atoms with E-state index in [0.717, 1.165) is 19.3 Å². The van der Waals surface area contributed by atoms with Crippen molar-refractivity contribution in [3.05, 3.63) is 13.2 Å². The maximum absolute atomic E-state index is 12.2. The third-order valence-corrected chi connectivity index (χ3v) is 3.51. The largest absolute Gasteiger partial charge is 0.466 e. The fourth-order valence-electron chi connectivity index (χ4n) is 1.89. The van der Waals surface area contributed by atoms with Gasteiger partial charge < -0.3 is 19.3 Å². The van der Waals surface area contributed by atoms with Crippen molar-refractivity contribution in [3.8, 4) is 0 Å². The molecule has 0 rings (SSSR count). The van der Waals surface area contributed by atoms with E-state index >= 15 is 0 Å². The summed E-state index contributed by atoms with van der Waals surface area (Å²) < 4.78 is 14.9. The first-order valence-corrected chi connectivity index (χ1v) is 9.60. The number of aliphatic hydroxyl groups is 1. The van der Waals surface area contributed by atoms with Gasteiger partial charge in [-0.2, -0.15) is 0 Å². The number of carbonyl (C=O) groups excluding carboxylic acids is 3. The minimum absolute atomic E-state index is 0.118. The number of carbonyl (C=O) groups is 3. The number of unbranched alkanes of at least 4 members (excludes halogenated alkanes) is 3. The van der Waals surface area contributed by atoms with Crippen molar-refractivity contribution in [2.45, 2.75) is 77.7 Å². The van der Waals surface area contributed by atoms with Crippen molar-refractivity contribution in [2.24, 2.45) is 0 Å². The molecule has 7 heteroatoms. The Kier molecular flexibility index (Phi) is 17.7. The van der Waals surface area contributed by atoms with E-state index < -0.39 is 36.4 Å². The number of ether oxygens (including phenoxy) is 3. The molecule has 7 nitrogen and oxygen atoms in total. The van der Waals surface area contributed by atoms with Crippen LogP contribution in [0.3, 0.4) is 0 Å². The van der Waals surface area contributed by atoms with Crippen molar-refractivity contribution in [1.82, 2.24) is 0 Å². The summed E-state index contributed by atoms with van der Waals surface area (Å²) in [7, 11) is 0. The second-order valence-corrected chi connectivity index (χ2v) is 6.02. The van der Waals surface area contributed by atoms with Gasteiger partial charge in [0.05, 0.1) is 32.7 Å². The Hall–Kier alpha value is -1.89. The number of hydrogen-bond donors (Lipinski definition) is 1. The van der Waals surface area contributed by atoms with Crippen LogP contribution in [0.25, 0.3) is 0 Å². The fourth-order valence-corrected chi connectivity index (χ4v) is 1.89. The molecule has 0 bridgehead atoms. The molecular formula is C20H36O7. The molecule has 0 heterocycles. The van der Waals surface area contributed by atoms with Crippen molar-refractivity contribution in [1.29, 1.82) is 0 Å². The third kappa shape index (κ3) is 13.9. The first-order valence-electron chi connectivity index (χ1n) is 9.60. The Morgan fingerprint density at radius 1 is 0.741 bits per heavy atom. The number of esters is 3. The average Bonchev–Trinajstić information content (AvgIpc) is 2.63. The summed E-state index contributed by atoms with van der Waals surface area (Å²) in [5, 5.41) is 10.6. The van der Waals surface area contributed by atoms with Crippen LogP contribution in [0.4, 0.5) is 0 Å². The molecule has 0 aromatic rings. The van der Waals surface area contributed by atoms with Gasteiger partial charge in [0.15, 0.2) is 5.60 Å². The smallest absolute Gasteiger partial charge is 0.339 e. The van der Waals surface area contributed by atoms with E-state index in [2.05, 4.69) is 13.2 Å². The Morgan fingerprint density at radius 3 is 1.41 bits per heavy atom. The van der Waals surface area contributed by atoms with E-state index in [4.69, 9.17) is 14.2 Å². The van der Waals surface area contributed by atoms with Gasteiger partial charge in [-0.05, 0) is 19.3 Å². The second kappa shape index (κ2) is 17.5. The van der Waals surface area contributed by atoms with Crippen molar-refractivity contribution in [2.75, 3.05) is 19.8 Å². The summed E-state index contributed by atoms with van der Waals surface area (Å²) in [6.07, 6.45) is 3.23. The third-order valence-electron chi connectivity index (χ3n) is 3.51. The highest BCUT2D eigenvalue weighted by molar-refractivity contribution is 5.90. The Labute approximate surface area is 163 Å². The van der Waals surface area contributed by atoms with Gasteiger partial charge in [-0.25, -0.2) is 4.79 Å². The van der Waals surface area contributed by atoms with Gasteiger partial charge in [-0.3, -0.25) is 9.59 Å². The highest BCUT2D eigenvalue weighted by Gasteiger charge is 2.43. The molecule has 158 valence electrons. The molecule has 0 aliphatic heterocycles. The van der Waals surface area contributed by atoms with E-state index in [1.165, 1.54) is 0 Å². The average molecular weight is 389 g/mol. The van der Waals surface area contributed by atoms with E-state index in [9.17, 15) is 19.5 Å². The van der Waals surface area contributed by atoms with Gasteiger partial charge in [0, 0.05) is 0 Å². The van der Waals surface area contributed by atoms with Crippen LogP contribution >= 0.6 is 0 Å². The van der Waals surface area contributed by atoms with Crippen molar-refractivity contribution < 1.29 is 33.7 Å². The lowest BCUT2D eigenvalue weighted by Crippen LogP contribution is -2.45. The minimum atomic E-state index is -2.26. The number of hydrogen-bond acceptors (Lipinski definition) is 7. The summed E-state index contributed by atoms with van der Waals surface area (Å²) in [5.74, 6) is -2.49. The van der Waals surface area contributed by atoms with Crippen molar-refractivity contribution >= 4 is 17.9 Å². The first-order chi connectivity index (χ1) is 12.9. The highest BCUT2D eigenvalue weighted by atomic mass is 16.6. The topological polar surface area (TPSA) is 99.1 Å². The summed E-state index contributed by atoms with van der Waals surface area (Å²) in [6.45, 7) is 12.3. The van der Waals surface area contributed by atoms with Crippen LogP contribution in [-0.4, -0.2) is 48.4 Å². The zero-order valence-electron chi connectivity index (χ0n) is 17.1. The standard InChI is InChI=1S/C18H32O7.C2H4/c1-4-7-10-23-15(19)13-18(22,17(21)25-12-9-6-3)14-16(20)24-11-8-5-2;1-2/h22H,4-14H2,1-3H3;1-2H2. The maximum atomic E-state index is 12.2. The molecular weight excluding hydrogens is 352 g/mol. The second-order valence-electron chi connectivity index (χ2n) is 6.02. The van der Waals surface area contributed by atoms with Crippen LogP contribution in [-0.2, 0) is 28.6 Å². The molecule has 0 unspecified atom stereocenters. The van der Waals surface area contributed by atoms with E-state index in [1.54, 1.807) is 0 Å². The zero-order valence-corrected chi connectivity index (χ0v) is 17.1. The molecule has 0 aliphatic rings. The van der Waals surface area contributed by atoms with Crippen LogP contribution in [0.5, 0.6) is 0 Å². The normalized spacial score (nSPS) is 10.4. The van der Waals surface area contributed by atoms with Crippen LogP contribution in [0.15, 0.2) is 13.2 Å². The lowest BCUT2D eigenvalue weighted by Gasteiger charge is -2.24. The lowest BCUT2D eigenvalue weighted by molar-refractivity contribution is -0.178. The number of rotatable bonds is 14. The minimum Gasteiger partial charge on any atom is -0.466 e. The van der Waals surface area contributed by atoms with E-state index in [1.807, 2.05) is 20.8 Å². The predicted octanol–water partition coefficient (Wildman–Crippen LogP) is 3.33. The molecule has 0 aromatic carbocycles. The molecule has 0 atom stereocenters. The molecule has 0 radical (unpaired) electrons.